The Hall–Kier alpha value is -2.03. The first-order chi connectivity index (χ1) is 7.26. The fraction of sp³-hybridized carbons (Fsp3) is 0.0833. The molecule has 15 heavy (non-hydrogen) atoms. The molecule has 0 saturated heterocycles. The number of ether oxygens (including phenoxy) is 1. The van der Waals surface area contributed by atoms with Crippen molar-refractivity contribution in [2.75, 3.05) is 7.11 Å². The van der Waals surface area contributed by atoms with Gasteiger partial charge < -0.3 is 9.72 Å². The second kappa shape index (κ2) is 3.61. The van der Waals surface area contributed by atoms with Crippen LogP contribution in [0.4, 0.5) is 0 Å². The summed E-state index contributed by atoms with van der Waals surface area (Å²) in [4.78, 5) is 14.3. The highest BCUT2D eigenvalue weighted by atomic mass is 16.5. The van der Waals surface area contributed by atoms with Gasteiger partial charge in [0, 0.05) is 10.9 Å². The summed E-state index contributed by atoms with van der Waals surface area (Å²) in [5.74, 6) is -0.360. The van der Waals surface area contributed by atoms with Crippen LogP contribution in [0.1, 0.15) is 16.1 Å². The number of aromatic amines is 1. The maximum atomic E-state index is 11.3. The molecular formula is C12H11NO2. The number of fused-ring (bicyclic) bond motifs is 1. The quantitative estimate of drug-likeness (QED) is 0.759. The monoisotopic (exact) mass is 201 g/mol. The third-order valence-electron chi connectivity index (χ3n) is 2.32. The third kappa shape index (κ3) is 1.52. The molecule has 0 fully saturated rings. The number of hydrogen-bond acceptors (Lipinski definition) is 2. The van der Waals surface area contributed by atoms with Crippen molar-refractivity contribution in [3.05, 3.63) is 42.1 Å². The van der Waals surface area contributed by atoms with Crippen molar-refractivity contribution < 1.29 is 9.53 Å². The first-order valence-corrected chi connectivity index (χ1v) is 4.58. The SMILES string of the molecule is C=Cc1cccc2[nH]c(C(=O)OC)cc12. The molecule has 2 rings (SSSR count). The molecule has 1 aromatic carbocycles. The normalized spacial score (nSPS) is 10.2. The van der Waals surface area contributed by atoms with Gasteiger partial charge in [-0.05, 0) is 17.7 Å². The number of carbonyl (C=O) groups excluding carboxylic acids is 1. The van der Waals surface area contributed by atoms with Gasteiger partial charge in [-0.15, -0.1) is 0 Å². The first kappa shape index (κ1) is 9.52. The number of methoxy groups -OCH3 is 1. The van der Waals surface area contributed by atoms with Gasteiger partial charge in [-0.25, -0.2) is 4.79 Å². The van der Waals surface area contributed by atoms with Crippen LogP contribution in [0.2, 0.25) is 0 Å². The fourth-order valence-electron chi connectivity index (χ4n) is 1.58. The topological polar surface area (TPSA) is 42.1 Å². The standard InChI is InChI=1S/C12H11NO2/c1-3-8-5-4-6-10-9(8)7-11(13-10)12(14)15-2/h3-7,13H,1H2,2H3. The zero-order valence-corrected chi connectivity index (χ0v) is 8.41. The number of carbonyl (C=O) groups is 1. The van der Waals surface area contributed by atoms with Crippen LogP contribution in [0.5, 0.6) is 0 Å². The molecule has 0 amide bonds. The molecule has 0 saturated carbocycles. The van der Waals surface area contributed by atoms with Gasteiger partial charge in [0.2, 0.25) is 0 Å². The highest BCUT2D eigenvalue weighted by molar-refractivity contribution is 5.97. The molecule has 0 spiro atoms. The van der Waals surface area contributed by atoms with E-state index in [1.54, 1.807) is 12.1 Å². The molecular weight excluding hydrogens is 190 g/mol. The van der Waals surface area contributed by atoms with Gasteiger partial charge in [-0.2, -0.15) is 0 Å². The van der Waals surface area contributed by atoms with Crippen LogP contribution in [0, 0.1) is 0 Å². The van der Waals surface area contributed by atoms with Crippen molar-refractivity contribution in [2.45, 2.75) is 0 Å². The van der Waals surface area contributed by atoms with Gasteiger partial charge >= 0.3 is 5.97 Å². The van der Waals surface area contributed by atoms with Crippen LogP contribution >= 0.6 is 0 Å². The summed E-state index contributed by atoms with van der Waals surface area (Å²) in [6, 6.07) is 7.55. The van der Waals surface area contributed by atoms with Crippen LogP contribution in [0.3, 0.4) is 0 Å². The summed E-state index contributed by atoms with van der Waals surface area (Å²) >= 11 is 0. The number of benzene rings is 1. The summed E-state index contributed by atoms with van der Waals surface area (Å²) in [5.41, 5.74) is 2.37. The molecule has 0 aliphatic heterocycles. The Labute approximate surface area is 87.4 Å². The average Bonchev–Trinajstić information content (AvgIpc) is 2.71. The number of esters is 1. The molecule has 1 heterocycles. The maximum absolute atomic E-state index is 11.3. The van der Waals surface area contributed by atoms with Crippen molar-refractivity contribution in [3.8, 4) is 0 Å². The molecule has 1 N–H and O–H groups in total. The lowest BCUT2D eigenvalue weighted by Gasteiger charge is -1.93. The molecule has 3 heteroatoms. The molecule has 0 aliphatic carbocycles. The van der Waals surface area contributed by atoms with E-state index < -0.39 is 0 Å². The Morgan fingerprint density at radius 3 is 3.00 bits per heavy atom. The van der Waals surface area contributed by atoms with Crippen LogP contribution in [-0.2, 0) is 4.74 Å². The van der Waals surface area contributed by atoms with Gasteiger partial charge in [0.25, 0.3) is 0 Å². The Morgan fingerprint density at radius 1 is 1.53 bits per heavy atom. The highest BCUT2D eigenvalue weighted by Gasteiger charge is 2.10. The third-order valence-corrected chi connectivity index (χ3v) is 2.32. The molecule has 1 aromatic heterocycles. The number of hydrogen-bond donors (Lipinski definition) is 1. The van der Waals surface area contributed by atoms with E-state index in [1.165, 1.54) is 7.11 Å². The smallest absolute Gasteiger partial charge is 0.354 e. The van der Waals surface area contributed by atoms with Gasteiger partial charge in [-0.3, -0.25) is 0 Å². The lowest BCUT2D eigenvalue weighted by atomic mass is 10.1. The van der Waals surface area contributed by atoms with Gasteiger partial charge in [0.1, 0.15) is 5.69 Å². The van der Waals surface area contributed by atoms with Gasteiger partial charge in [0.15, 0.2) is 0 Å². The van der Waals surface area contributed by atoms with Crippen molar-refractivity contribution in [3.63, 3.8) is 0 Å². The Kier molecular flexibility index (Phi) is 2.29. The largest absolute Gasteiger partial charge is 0.464 e. The molecule has 76 valence electrons. The van der Waals surface area contributed by atoms with Gasteiger partial charge in [-0.1, -0.05) is 24.8 Å². The predicted molar refractivity (Wildman–Crippen MR) is 59.7 cm³/mol. The average molecular weight is 201 g/mol. The van der Waals surface area contributed by atoms with Crippen molar-refractivity contribution in [2.24, 2.45) is 0 Å². The second-order valence-corrected chi connectivity index (χ2v) is 3.19. The van der Waals surface area contributed by atoms with E-state index >= 15 is 0 Å². The minimum Gasteiger partial charge on any atom is -0.464 e. The molecule has 0 bridgehead atoms. The molecule has 0 atom stereocenters. The minimum atomic E-state index is -0.360. The van der Waals surface area contributed by atoms with E-state index in [4.69, 9.17) is 0 Å². The van der Waals surface area contributed by atoms with Crippen LogP contribution in [-0.4, -0.2) is 18.1 Å². The lowest BCUT2D eigenvalue weighted by molar-refractivity contribution is 0.0595. The number of H-pyrrole nitrogens is 1. The first-order valence-electron chi connectivity index (χ1n) is 4.58. The highest BCUT2D eigenvalue weighted by Crippen LogP contribution is 2.21. The van der Waals surface area contributed by atoms with Crippen LogP contribution < -0.4 is 0 Å². The number of nitrogens with one attached hydrogen (secondary N) is 1. The predicted octanol–water partition coefficient (Wildman–Crippen LogP) is 2.60. The summed E-state index contributed by atoms with van der Waals surface area (Å²) in [7, 11) is 1.36. The maximum Gasteiger partial charge on any atom is 0.354 e. The zero-order chi connectivity index (χ0) is 10.8. The van der Waals surface area contributed by atoms with Crippen LogP contribution in [0.15, 0.2) is 30.8 Å². The van der Waals surface area contributed by atoms with Crippen molar-refractivity contribution in [1.29, 1.82) is 0 Å². The Bertz CT molecular complexity index is 525. The minimum absolute atomic E-state index is 0.360. The number of rotatable bonds is 2. The summed E-state index contributed by atoms with van der Waals surface area (Å²) < 4.78 is 4.64. The van der Waals surface area contributed by atoms with E-state index in [0.29, 0.717) is 5.69 Å². The zero-order valence-electron chi connectivity index (χ0n) is 8.41. The van der Waals surface area contributed by atoms with E-state index in [9.17, 15) is 4.79 Å². The summed E-state index contributed by atoms with van der Waals surface area (Å²) in [6.45, 7) is 3.73. The van der Waals surface area contributed by atoms with Crippen molar-refractivity contribution in [1.82, 2.24) is 4.98 Å². The fourth-order valence-corrected chi connectivity index (χ4v) is 1.58. The Balaban J connectivity index is 2.65. The summed E-state index contributed by atoms with van der Waals surface area (Å²) in [5, 5.41) is 0.980. The van der Waals surface area contributed by atoms with E-state index in [0.717, 1.165) is 16.5 Å². The second-order valence-electron chi connectivity index (χ2n) is 3.19. The van der Waals surface area contributed by atoms with E-state index in [-0.39, 0.29) is 5.97 Å². The number of aromatic nitrogens is 1. The molecule has 0 radical (unpaired) electrons. The van der Waals surface area contributed by atoms with Crippen molar-refractivity contribution >= 4 is 22.9 Å². The molecule has 0 unspecified atom stereocenters. The molecule has 2 aromatic rings. The van der Waals surface area contributed by atoms with Gasteiger partial charge in [0.05, 0.1) is 7.11 Å². The lowest BCUT2D eigenvalue weighted by Crippen LogP contribution is -2.00. The van der Waals surface area contributed by atoms with Crippen LogP contribution in [0.25, 0.3) is 17.0 Å². The summed E-state index contributed by atoms with van der Waals surface area (Å²) in [6.07, 6.45) is 1.76. The molecule has 0 aliphatic rings. The van der Waals surface area contributed by atoms with E-state index in [1.807, 2.05) is 18.2 Å². The molecule has 3 nitrogen and oxygen atoms in total. The Morgan fingerprint density at radius 2 is 2.33 bits per heavy atom. The van der Waals surface area contributed by atoms with E-state index in [2.05, 4.69) is 16.3 Å².